The van der Waals surface area contributed by atoms with Crippen molar-refractivity contribution in [2.75, 3.05) is 6.54 Å². The molecular formula is C12H17BrN2O3S. The number of hydrogen-bond acceptors (Lipinski definition) is 3. The molecular weight excluding hydrogens is 332 g/mol. The molecule has 1 aromatic rings. The van der Waals surface area contributed by atoms with Crippen molar-refractivity contribution in [3.05, 3.63) is 28.2 Å². The molecule has 0 aliphatic heterocycles. The number of rotatable bonds is 5. The van der Waals surface area contributed by atoms with E-state index in [-0.39, 0.29) is 16.4 Å². The molecule has 0 spiro atoms. The van der Waals surface area contributed by atoms with E-state index in [0.29, 0.717) is 16.9 Å². The molecule has 5 nitrogen and oxygen atoms in total. The Morgan fingerprint density at radius 2 is 2.11 bits per heavy atom. The van der Waals surface area contributed by atoms with Gasteiger partial charge in [-0.2, -0.15) is 0 Å². The summed E-state index contributed by atoms with van der Waals surface area (Å²) >= 11 is 3.10. The first-order chi connectivity index (χ1) is 8.75. The van der Waals surface area contributed by atoms with Crippen LogP contribution in [0, 0.1) is 5.92 Å². The van der Waals surface area contributed by atoms with Gasteiger partial charge in [0, 0.05) is 16.6 Å². The van der Waals surface area contributed by atoms with E-state index in [4.69, 9.17) is 5.14 Å². The van der Waals surface area contributed by atoms with Gasteiger partial charge in [-0.1, -0.05) is 20.3 Å². The first-order valence-corrected chi connectivity index (χ1v) is 8.20. The van der Waals surface area contributed by atoms with Gasteiger partial charge in [-0.3, -0.25) is 4.79 Å². The highest BCUT2D eigenvalue weighted by atomic mass is 79.9. The molecule has 1 amide bonds. The topological polar surface area (TPSA) is 89.3 Å². The lowest BCUT2D eigenvalue weighted by molar-refractivity contribution is 0.0947. The maximum Gasteiger partial charge on any atom is 0.251 e. The van der Waals surface area contributed by atoms with E-state index in [0.717, 1.165) is 6.42 Å². The molecule has 3 N–H and O–H groups in total. The molecule has 19 heavy (non-hydrogen) atoms. The third kappa shape index (κ3) is 4.59. The second-order valence-corrected chi connectivity index (χ2v) is 6.80. The third-order valence-electron chi connectivity index (χ3n) is 2.81. The lowest BCUT2D eigenvalue weighted by Gasteiger charge is -2.11. The van der Waals surface area contributed by atoms with Crippen molar-refractivity contribution in [2.24, 2.45) is 11.1 Å². The zero-order valence-corrected chi connectivity index (χ0v) is 13.2. The number of sulfonamides is 1. The van der Waals surface area contributed by atoms with Gasteiger partial charge in [-0.25, -0.2) is 13.6 Å². The number of amides is 1. The van der Waals surface area contributed by atoms with Gasteiger partial charge in [0.15, 0.2) is 0 Å². The van der Waals surface area contributed by atoms with Crippen molar-refractivity contribution in [1.82, 2.24) is 5.32 Å². The van der Waals surface area contributed by atoms with Gasteiger partial charge in [0.25, 0.3) is 5.91 Å². The van der Waals surface area contributed by atoms with Crippen LogP contribution >= 0.6 is 15.9 Å². The van der Waals surface area contributed by atoms with Crippen LogP contribution < -0.4 is 10.5 Å². The molecule has 0 saturated heterocycles. The zero-order valence-electron chi connectivity index (χ0n) is 10.8. The van der Waals surface area contributed by atoms with E-state index in [1.54, 1.807) is 6.07 Å². The number of halogens is 1. The van der Waals surface area contributed by atoms with E-state index in [2.05, 4.69) is 21.2 Å². The van der Waals surface area contributed by atoms with Crippen molar-refractivity contribution >= 4 is 31.9 Å². The van der Waals surface area contributed by atoms with Crippen molar-refractivity contribution in [2.45, 2.75) is 25.2 Å². The number of carbonyl (C=O) groups excluding carboxylic acids is 1. The summed E-state index contributed by atoms with van der Waals surface area (Å²) in [4.78, 5) is 11.8. The fraction of sp³-hybridized carbons (Fsp3) is 0.417. The van der Waals surface area contributed by atoms with Crippen LogP contribution in [0.25, 0.3) is 0 Å². The van der Waals surface area contributed by atoms with Crippen molar-refractivity contribution in [3.63, 3.8) is 0 Å². The van der Waals surface area contributed by atoms with E-state index in [9.17, 15) is 13.2 Å². The van der Waals surface area contributed by atoms with E-state index in [1.807, 2.05) is 13.8 Å². The summed E-state index contributed by atoms with van der Waals surface area (Å²) in [5.74, 6) is 0.0646. The van der Waals surface area contributed by atoms with Crippen LogP contribution in [0.2, 0.25) is 0 Å². The smallest absolute Gasteiger partial charge is 0.251 e. The quantitative estimate of drug-likeness (QED) is 0.850. The first kappa shape index (κ1) is 16.1. The van der Waals surface area contributed by atoms with Crippen LogP contribution in [0.4, 0.5) is 0 Å². The molecule has 1 atom stereocenters. The second-order valence-electron chi connectivity index (χ2n) is 4.41. The van der Waals surface area contributed by atoms with Crippen LogP contribution in [-0.4, -0.2) is 20.9 Å². The maximum atomic E-state index is 11.9. The van der Waals surface area contributed by atoms with Crippen molar-refractivity contribution in [1.29, 1.82) is 0 Å². The fourth-order valence-electron chi connectivity index (χ4n) is 1.38. The highest BCUT2D eigenvalue weighted by Gasteiger charge is 2.16. The highest BCUT2D eigenvalue weighted by molar-refractivity contribution is 9.10. The Kier molecular flexibility index (Phi) is 5.51. The normalized spacial score (nSPS) is 13.1. The molecule has 1 rings (SSSR count). The monoisotopic (exact) mass is 348 g/mol. The molecule has 0 bridgehead atoms. The number of hydrogen-bond donors (Lipinski definition) is 2. The predicted molar refractivity (Wildman–Crippen MR) is 77.3 cm³/mol. The van der Waals surface area contributed by atoms with Crippen LogP contribution in [0.3, 0.4) is 0 Å². The fourth-order valence-corrected chi connectivity index (χ4v) is 2.93. The first-order valence-electron chi connectivity index (χ1n) is 5.86. The Bertz CT molecular complexity index is 572. The van der Waals surface area contributed by atoms with E-state index in [1.165, 1.54) is 12.1 Å². The minimum Gasteiger partial charge on any atom is -0.352 e. The Morgan fingerprint density at radius 1 is 1.47 bits per heavy atom. The molecule has 7 heteroatoms. The zero-order chi connectivity index (χ0) is 14.6. The van der Waals surface area contributed by atoms with Gasteiger partial charge >= 0.3 is 0 Å². The summed E-state index contributed by atoms with van der Waals surface area (Å²) in [7, 11) is -3.85. The summed E-state index contributed by atoms with van der Waals surface area (Å²) in [5, 5.41) is 7.84. The predicted octanol–water partition coefficient (Wildman–Crippen LogP) is 1.87. The lowest BCUT2D eigenvalue weighted by Crippen LogP contribution is -2.28. The standard InChI is InChI=1S/C12H17BrN2O3S/c1-3-8(2)7-15-12(16)9-4-5-10(13)11(6-9)19(14,17)18/h4-6,8H,3,7H2,1-2H3,(H,15,16)(H2,14,17,18). The summed E-state index contributed by atoms with van der Waals surface area (Å²) in [5.41, 5.74) is 0.274. The molecule has 0 aromatic heterocycles. The minimum atomic E-state index is -3.85. The number of nitrogens with one attached hydrogen (secondary N) is 1. The molecule has 0 aliphatic carbocycles. The molecule has 1 unspecified atom stereocenters. The molecule has 0 saturated carbocycles. The van der Waals surface area contributed by atoms with E-state index < -0.39 is 10.0 Å². The number of benzene rings is 1. The molecule has 0 radical (unpaired) electrons. The number of nitrogens with two attached hydrogens (primary N) is 1. The molecule has 1 aromatic carbocycles. The highest BCUT2D eigenvalue weighted by Crippen LogP contribution is 2.22. The summed E-state index contributed by atoms with van der Waals surface area (Å²) in [6.45, 7) is 4.61. The van der Waals surface area contributed by atoms with Crippen LogP contribution in [0.5, 0.6) is 0 Å². The van der Waals surface area contributed by atoms with E-state index >= 15 is 0 Å². The van der Waals surface area contributed by atoms with Gasteiger partial charge in [0.1, 0.15) is 0 Å². The Morgan fingerprint density at radius 3 is 2.63 bits per heavy atom. The van der Waals surface area contributed by atoms with Crippen molar-refractivity contribution in [3.8, 4) is 0 Å². The average Bonchev–Trinajstić information content (AvgIpc) is 2.34. The van der Waals surface area contributed by atoms with Crippen molar-refractivity contribution < 1.29 is 13.2 Å². The van der Waals surface area contributed by atoms with Crippen LogP contribution in [-0.2, 0) is 10.0 Å². The minimum absolute atomic E-state index is 0.0938. The Balaban J connectivity index is 2.94. The Hall–Kier alpha value is -0.920. The van der Waals surface area contributed by atoms with Gasteiger partial charge in [0.2, 0.25) is 10.0 Å². The SMILES string of the molecule is CCC(C)CNC(=O)c1ccc(Br)c(S(N)(=O)=O)c1. The van der Waals surface area contributed by atoms with Crippen LogP contribution in [0.1, 0.15) is 30.6 Å². The lowest BCUT2D eigenvalue weighted by atomic mass is 10.1. The van der Waals surface area contributed by atoms with Gasteiger partial charge < -0.3 is 5.32 Å². The third-order valence-corrected chi connectivity index (χ3v) is 4.71. The molecule has 0 aliphatic rings. The summed E-state index contributed by atoms with van der Waals surface area (Å²) in [6.07, 6.45) is 0.961. The van der Waals surface area contributed by atoms with Crippen LogP contribution in [0.15, 0.2) is 27.6 Å². The second kappa shape index (κ2) is 6.49. The van der Waals surface area contributed by atoms with Gasteiger partial charge in [0.05, 0.1) is 4.90 Å². The largest absolute Gasteiger partial charge is 0.352 e. The van der Waals surface area contributed by atoms with Gasteiger partial charge in [-0.15, -0.1) is 0 Å². The van der Waals surface area contributed by atoms with Gasteiger partial charge in [-0.05, 0) is 40.0 Å². The molecule has 0 fully saturated rings. The average molecular weight is 349 g/mol. The number of primary sulfonamides is 1. The summed E-state index contributed by atoms with van der Waals surface area (Å²) in [6, 6.07) is 4.31. The Labute approximate surface area is 121 Å². The summed E-state index contributed by atoms with van der Waals surface area (Å²) < 4.78 is 23.1. The molecule has 0 heterocycles. The maximum absolute atomic E-state index is 11.9. The number of carbonyl (C=O) groups is 1. The molecule has 106 valence electrons.